The van der Waals surface area contributed by atoms with Crippen LogP contribution in [-0.4, -0.2) is 49.3 Å². The zero-order valence-electron chi connectivity index (χ0n) is 17.6. The normalized spacial score (nSPS) is 11.5. The molecule has 0 amide bonds. The summed E-state index contributed by atoms with van der Waals surface area (Å²) >= 11 is 1.54. The van der Waals surface area contributed by atoms with E-state index in [1.807, 2.05) is 36.5 Å². The molecule has 0 aliphatic heterocycles. The Labute approximate surface area is 179 Å². The van der Waals surface area contributed by atoms with Crippen LogP contribution >= 0.6 is 11.3 Å². The molecule has 4 rings (SSSR count). The van der Waals surface area contributed by atoms with Gasteiger partial charge in [-0.2, -0.15) is 0 Å². The zero-order chi connectivity index (χ0) is 21.3. The van der Waals surface area contributed by atoms with Crippen molar-refractivity contribution in [1.29, 1.82) is 0 Å². The molecule has 2 aromatic heterocycles. The van der Waals surface area contributed by atoms with Crippen LogP contribution in [0.5, 0.6) is 11.5 Å². The van der Waals surface area contributed by atoms with E-state index in [0.717, 1.165) is 40.3 Å². The number of thiazole rings is 1. The van der Waals surface area contributed by atoms with Gasteiger partial charge in [0.05, 0.1) is 40.9 Å². The Morgan fingerprint density at radius 3 is 2.53 bits per heavy atom. The fourth-order valence-electron chi connectivity index (χ4n) is 3.60. The monoisotopic (exact) mass is 423 g/mol. The number of methoxy groups -OCH3 is 2. The fourth-order valence-corrected chi connectivity index (χ4v) is 4.57. The minimum absolute atomic E-state index is 0.0473. The smallest absolute Gasteiger partial charge is 0.199 e. The number of aryl methyl sites for hydroxylation is 1. The number of aromatic nitrogens is 2. The fraction of sp³-hybridized carbons (Fsp3) is 0.304. The van der Waals surface area contributed by atoms with E-state index in [2.05, 4.69) is 23.6 Å². The second-order valence-corrected chi connectivity index (χ2v) is 8.46. The molecule has 0 spiro atoms. The standard InChI is InChI=1S/C23H25N3O3S/c1-25(2)10-7-11-26-14-16(23-24-17-8-5-6-9-21(17)30-23)22(27)15-12-19(28-3)20(29-4)13-18(15)26/h5-6,8-9,12-14H,7,10-11H2,1-4H3. The maximum Gasteiger partial charge on any atom is 0.199 e. The summed E-state index contributed by atoms with van der Waals surface area (Å²) < 4.78 is 14.1. The quantitative estimate of drug-likeness (QED) is 0.445. The molecule has 0 bridgehead atoms. The van der Waals surface area contributed by atoms with Crippen LogP contribution in [0.25, 0.3) is 31.7 Å². The summed E-state index contributed by atoms with van der Waals surface area (Å²) in [6, 6.07) is 11.6. The molecule has 30 heavy (non-hydrogen) atoms. The molecular weight excluding hydrogens is 398 g/mol. The van der Waals surface area contributed by atoms with Crippen molar-refractivity contribution in [3.63, 3.8) is 0 Å². The summed E-state index contributed by atoms with van der Waals surface area (Å²) in [5, 5.41) is 1.34. The van der Waals surface area contributed by atoms with E-state index in [9.17, 15) is 4.79 Å². The molecular formula is C23H25N3O3S. The van der Waals surface area contributed by atoms with Gasteiger partial charge in [0.1, 0.15) is 5.01 Å². The molecule has 0 aliphatic carbocycles. The van der Waals surface area contributed by atoms with Crippen molar-refractivity contribution in [2.45, 2.75) is 13.0 Å². The van der Waals surface area contributed by atoms with Crippen molar-refractivity contribution < 1.29 is 9.47 Å². The Morgan fingerprint density at radius 2 is 1.83 bits per heavy atom. The number of fused-ring (bicyclic) bond motifs is 2. The Hall–Kier alpha value is -2.90. The summed E-state index contributed by atoms with van der Waals surface area (Å²) in [6.07, 6.45) is 2.89. The molecule has 2 heterocycles. The molecule has 0 aliphatic rings. The number of nitrogens with zero attached hydrogens (tertiary/aromatic N) is 3. The third-order valence-corrected chi connectivity index (χ3v) is 6.18. The second kappa shape index (κ2) is 8.45. The predicted molar refractivity (Wildman–Crippen MR) is 123 cm³/mol. The second-order valence-electron chi connectivity index (χ2n) is 7.43. The number of hydrogen-bond donors (Lipinski definition) is 0. The van der Waals surface area contributed by atoms with Gasteiger partial charge in [0, 0.05) is 18.8 Å². The van der Waals surface area contributed by atoms with Gasteiger partial charge in [0.25, 0.3) is 0 Å². The Balaban J connectivity index is 1.93. The van der Waals surface area contributed by atoms with Crippen molar-refractivity contribution >= 4 is 32.5 Å². The van der Waals surface area contributed by atoms with E-state index in [1.54, 1.807) is 20.3 Å². The van der Waals surface area contributed by atoms with Crippen LogP contribution in [-0.2, 0) is 6.54 Å². The molecule has 6 nitrogen and oxygen atoms in total. The van der Waals surface area contributed by atoms with E-state index in [4.69, 9.17) is 14.5 Å². The van der Waals surface area contributed by atoms with Crippen LogP contribution < -0.4 is 14.9 Å². The Morgan fingerprint density at radius 1 is 1.10 bits per heavy atom. The summed E-state index contributed by atoms with van der Waals surface area (Å²) in [4.78, 5) is 20.3. The van der Waals surface area contributed by atoms with E-state index in [-0.39, 0.29) is 5.43 Å². The lowest BCUT2D eigenvalue weighted by atomic mass is 10.1. The number of rotatable bonds is 7. The molecule has 7 heteroatoms. The summed E-state index contributed by atoms with van der Waals surface area (Å²) in [7, 11) is 7.30. The van der Waals surface area contributed by atoms with Crippen LogP contribution in [0.3, 0.4) is 0 Å². The van der Waals surface area contributed by atoms with Crippen LogP contribution in [0.15, 0.2) is 47.4 Å². The predicted octanol–water partition coefficient (Wildman–Crippen LogP) is 4.25. The highest BCUT2D eigenvalue weighted by Gasteiger charge is 2.17. The van der Waals surface area contributed by atoms with E-state index in [1.165, 1.54) is 11.3 Å². The first-order valence-corrected chi connectivity index (χ1v) is 10.6. The largest absolute Gasteiger partial charge is 0.493 e. The van der Waals surface area contributed by atoms with E-state index >= 15 is 0 Å². The van der Waals surface area contributed by atoms with Gasteiger partial charge in [-0.05, 0) is 45.3 Å². The van der Waals surface area contributed by atoms with Crippen LogP contribution in [0.4, 0.5) is 0 Å². The first-order chi connectivity index (χ1) is 14.5. The molecule has 0 fully saturated rings. The van der Waals surface area contributed by atoms with Gasteiger partial charge in [-0.25, -0.2) is 4.98 Å². The molecule has 2 aromatic carbocycles. The lowest BCUT2D eigenvalue weighted by molar-refractivity contribution is 0.355. The van der Waals surface area contributed by atoms with E-state index in [0.29, 0.717) is 22.4 Å². The Bertz CT molecular complexity index is 1230. The first-order valence-electron chi connectivity index (χ1n) is 9.81. The van der Waals surface area contributed by atoms with Crippen molar-refractivity contribution in [2.24, 2.45) is 0 Å². The van der Waals surface area contributed by atoms with Gasteiger partial charge in [-0.3, -0.25) is 4.79 Å². The number of ether oxygens (including phenoxy) is 2. The summed E-state index contributed by atoms with van der Waals surface area (Å²) in [5.41, 5.74) is 2.30. The molecule has 0 saturated heterocycles. The summed E-state index contributed by atoms with van der Waals surface area (Å²) in [6.45, 7) is 1.74. The average molecular weight is 424 g/mol. The van der Waals surface area contributed by atoms with Crippen LogP contribution in [0.1, 0.15) is 6.42 Å². The van der Waals surface area contributed by atoms with Crippen molar-refractivity contribution in [3.8, 4) is 22.1 Å². The van der Waals surface area contributed by atoms with Crippen molar-refractivity contribution in [1.82, 2.24) is 14.5 Å². The maximum absolute atomic E-state index is 13.5. The maximum atomic E-state index is 13.5. The lowest BCUT2D eigenvalue weighted by Crippen LogP contribution is -2.17. The third kappa shape index (κ3) is 3.78. The molecule has 0 saturated carbocycles. The van der Waals surface area contributed by atoms with Gasteiger partial charge >= 0.3 is 0 Å². The van der Waals surface area contributed by atoms with Crippen molar-refractivity contribution in [2.75, 3.05) is 34.9 Å². The SMILES string of the molecule is COc1cc2c(=O)c(-c3nc4ccccc4s3)cn(CCCN(C)C)c2cc1OC. The highest BCUT2D eigenvalue weighted by Crippen LogP contribution is 2.34. The molecule has 4 aromatic rings. The van der Waals surface area contributed by atoms with E-state index < -0.39 is 0 Å². The van der Waals surface area contributed by atoms with Crippen LogP contribution in [0.2, 0.25) is 0 Å². The lowest BCUT2D eigenvalue weighted by Gasteiger charge is -2.16. The van der Waals surface area contributed by atoms with Gasteiger partial charge in [-0.15, -0.1) is 11.3 Å². The number of pyridine rings is 1. The number of hydrogen-bond acceptors (Lipinski definition) is 6. The van der Waals surface area contributed by atoms with Gasteiger partial charge in [0.15, 0.2) is 16.9 Å². The molecule has 0 radical (unpaired) electrons. The number of para-hydroxylation sites is 1. The average Bonchev–Trinajstić information content (AvgIpc) is 3.18. The van der Waals surface area contributed by atoms with Crippen LogP contribution in [0, 0.1) is 0 Å². The molecule has 0 unspecified atom stereocenters. The third-order valence-electron chi connectivity index (χ3n) is 5.11. The van der Waals surface area contributed by atoms with Gasteiger partial charge in [-0.1, -0.05) is 12.1 Å². The van der Waals surface area contributed by atoms with Crippen molar-refractivity contribution in [3.05, 3.63) is 52.8 Å². The highest BCUT2D eigenvalue weighted by molar-refractivity contribution is 7.21. The minimum atomic E-state index is -0.0473. The first kappa shape index (κ1) is 20.4. The Kier molecular flexibility index (Phi) is 5.74. The number of benzene rings is 2. The highest BCUT2D eigenvalue weighted by atomic mass is 32.1. The minimum Gasteiger partial charge on any atom is -0.493 e. The van der Waals surface area contributed by atoms with Gasteiger partial charge in [0.2, 0.25) is 0 Å². The van der Waals surface area contributed by atoms with Gasteiger partial charge < -0.3 is 18.9 Å². The molecule has 0 N–H and O–H groups in total. The topological polar surface area (TPSA) is 56.6 Å². The summed E-state index contributed by atoms with van der Waals surface area (Å²) in [5.74, 6) is 1.15. The molecule has 0 atom stereocenters. The zero-order valence-corrected chi connectivity index (χ0v) is 18.5. The molecule has 156 valence electrons.